The van der Waals surface area contributed by atoms with Crippen LogP contribution in [0.25, 0.3) is 17.1 Å². The highest BCUT2D eigenvalue weighted by atomic mass is 32.2. The third-order valence-electron chi connectivity index (χ3n) is 4.04. The first-order valence-electron chi connectivity index (χ1n) is 8.56. The number of hydrogen-bond donors (Lipinski definition) is 0. The van der Waals surface area contributed by atoms with Crippen molar-refractivity contribution in [1.29, 1.82) is 0 Å². The molecule has 0 fully saturated rings. The van der Waals surface area contributed by atoms with Crippen molar-refractivity contribution in [3.63, 3.8) is 0 Å². The third-order valence-corrected chi connectivity index (χ3v) is 5.83. The number of aryl methyl sites for hydroxylation is 1. The van der Waals surface area contributed by atoms with E-state index in [4.69, 9.17) is 0 Å². The average Bonchev–Trinajstić information content (AvgIpc) is 3.29. The summed E-state index contributed by atoms with van der Waals surface area (Å²) in [5.41, 5.74) is 3.22. The fraction of sp³-hybridized carbons (Fsp3) is 0.211. The van der Waals surface area contributed by atoms with Crippen molar-refractivity contribution in [1.82, 2.24) is 29.1 Å². The molecule has 0 aliphatic heterocycles. The Hall–Kier alpha value is -2.58. The predicted molar refractivity (Wildman–Crippen MR) is 107 cm³/mol. The molecular formula is C19H18N6S2. The first kappa shape index (κ1) is 17.8. The largest absolute Gasteiger partial charge is 0.269 e. The van der Waals surface area contributed by atoms with Crippen LogP contribution in [-0.4, -0.2) is 29.1 Å². The molecule has 0 saturated carbocycles. The molecule has 3 heterocycles. The fourth-order valence-corrected chi connectivity index (χ4v) is 4.41. The zero-order chi connectivity index (χ0) is 18.8. The highest BCUT2D eigenvalue weighted by Gasteiger charge is 2.20. The summed E-state index contributed by atoms with van der Waals surface area (Å²) < 4.78 is 7.21. The van der Waals surface area contributed by atoms with Gasteiger partial charge in [-0.1, -0.05) is 32.0 Å². The quantitative estimate of drug-likeness (QED) is 0.486. The summed E-state index contributed by atoms with van der Waals surface area (Å²) in [5, 5.41) is 9.70. The van der Waals surface area contributed by atoms with E-state index in [2.05, 4.69) is 61.2 Å². The molecule has 3 aromatic heterocycles. The molecule has 27 heavy (non-hydrogen) atoms. The van der Waals surface area contributed by atoms with E-state index >= 15 is 0 Å². The van der Waals surface area contributed by atoms with Gasteiger partial charge in [0, 0.05) is 18.0 Å². The molecule has 0 amide bonds. The maximum absolute atomic E-state index is 4.47. The lowest BCUT2D eigenvalue weighted by atomic mass is 10.0. The van der Waals surface area contributed by atoms with Crippen LogP contribution in [0.5, 0.6) is 0 Å². The van der Waals surface area contributed by atoms with Gasteiger partial charge >= 0.3 is 0 Å². The van der Waals surface area contributed by atoms with Gasteiger partial charge in [-0.2, -0.15) is 4.37 Å². The normalized spacial score (nSPS) is 11.3. The Kier molecular flexibility index (Phi) is 5.00. The van der Waals surface area contributed by atoms with E-state index in [0.29, 0.717) is 5.92 Å². The van der Waals surface area contributed by atoms with Gasteiger partial charge in [0.1, 0.15) is 5.82 Å². The van der Waals surface area contributed by atoms with Crippen LogP contribution in [0.1, 0.15) is 31.2 Å². The van der Waals surface area contributed by atoms with Crippen LogP contribution < -0.4 is 0 Å². The lowest BCUT2D eigenvalue weighted by molar-refractivity contribution is 0.818. The first-order chi connectivity index (χ1) is 13.1. The van der Waals surface area contributed by atoms with Gasteiger partial charge in [0.2, 0.25) is 5.16 Å². The molecule has 0 N–H and O–H groups in total. The smallest absolute Gasteiger partial charge is 0.203 e. The monoisotopic (exact) mass is 394 g/mol. The highest BCUT2D eigenvalue weighted by molar-refractivity contribution is 8.00. The molecule has 0 aliphatic carbocycles. The standard InChI is InChI=1S/C19H18N6S2/c1-12(2)15-8-4-5-9-16(15)25-17(14-7-6-10-20-11-14)22-23-18(25)26-19-21-13(3)24-27-19/h4-12H,1-3H3. The molecule has 0 spiro atoms. The minimum Gasteiger partial charge on any atom is -0.269 e. The molecule has 0 atom stereocenters. The van der Waals surface area contributed by atoms with Crippen molar-refractivity contribution < 1.29 is 0 Å². The minimum atomic E-state index is 0.368. The zero-order valence-corrected chi connectivity index (χ0v) is 16.8. The Labute approximate surface area is 165 Å². The Balaban J connectivity index is 1.90. The average molecular weight is 395 g/mol. The van der Waals surface area contributed by atoms with Crippen molar-refractivity contribution in [2.45, 2.75) is 36.2 Å². The van der Waals surface area contributed by atoms with Crippen LogP contribution >= 0.6 is 23.3 Å². The number of aromatic nitrogens is 6. The summed E-state index contributed by atoms with van der Waals surface area (Å²) in [6.45, 7) is 6.27. The van der Waals surface area contributed by atoms with Crippen molar-refractivity contribution in [2.75, 3.05) is 0 Å². The van der Waals surface area contributed by atoms with Crippen LogP contribution in [0.4, 0.5) is 0 Å². The van der Waals surface area contributed by atoms with Crippen molar-refractivity contribution >= 4 is 23.3 Å². The SMILES string of the molecule is Cc1nsc(Sc2nnc(-c3cccnc3)n2-c2ccccc2C(C)C)n1. The molecule has 0 aliphatic rings. The second-order valence-electron chi connectivity index (χ2n) is 6.31. The molecule has 0 bridgehead atoms. The molecule has 136 valence electrons. The molecule has 8 heteroatoms. The van der Waals surface area contributed by atoms with Crippen LogP contribution in [0.15, 0.2) is 58.3 Å². The highest BCUT2D eigenvalue weighted by Crippen LogP contribution is 2.35. The number of para-hydroxylation sites is 1. The molecule has 0 unspecified atom stereocenters. The summed E-state index contributed by atoms with van der Waals surface area (Å²) in [6, 6.07) is 12.3. The Morgan fingerprint density at radius 3 is 2.63 bits per heavy atom. The second-order valence-corrected chi connectivity index (χ2v) is 8.27. The number of benzene rings is 1. The van der Waals surface area contributed by atoms with Gasteiger partial charge in [-0.05, 0) is 59.9 Å². The van der Waals surface area contributed by atoms with E-state index < -0.39 is 0 Å². The molecule has 6 nitrogen and oxygen atoms in total. The van der Waals surface area contributed by atoms with Crippen molar-refractivity contribution in [2.24, 2.45) is 0 Å². The number of pyridine rings is 1. The number of nitrogens with zero attached hydrogens (tertiary/aromatic N) is 6. The van der Waals surface area contributed by atoms with Gasteiger partial charge in [0.05, 0.1) is 5.69 Å². The Morgan fingerprint density at radius 1 is 1.07 bits per heavy atom. The van der Waals surface area contributed by atoms with Gasteiger partial charge in [-0.3, -0.25) is 9.55 Å². The maximum atomic E-state index is 4.47. The molecule has 4 aromatic rings. The van der Waals surface area contributed by atoms with Crippen LogP contribution in [0.3, 0.4) is 0 Å². The summed E-state index contributed by atoms with van der Waals surface area (Å²) >= 11 is 2.85. The second kappa shape index (κ2) is 7.58. The van der Waals surface area contributed by atoms with Crippen molar-refractivity contribution in [3.8, 4) is 17.1 Å². The Bertz CT molecular complexity index is 1060. The molecule has 0 saturated heterocycles. The van der Waals surface area contributed by atoms with E-state index in [1.165, 1.54) is 28.9 Å². The van der Waals surface area contributed by atoms with Gasteiger partial charge in [-0.25, -0.2) is 4.98 Å². The van der Waals surface area contributed by atoms with Crippen molar-refractivity contribution in [3.05, 3.63) is 60.2 Å². The lowest BCUT2D eigenvalue weighted by Gasteiger charge is -2.16. The van der Waals surface area contributed by atoms with Gasteiger partial charge in [0.15, 0.2) is 10.2 Å². The van der Waals surface area contributed by atoms with E-state index in [1.807, 2.05) is 31.3 Å². The van der Waals surface area contributed by atoms with E-state index in [0.717, 1.165) is 32.4 Å². The lowest BCUT2D eigenvalue weighted by Crippen LogP contribution is -2.04. The topological polar surface area (TPSA) is 69.4 Å². The van der Waals surface area contributed by atoms with Gasteiger partial charge in [0.25, 0.3) is 0 Å². The summed E-state index contributed by atoms with van der Waals surface area (Å²) in [6.07, 6.45) is 3.56. The number of hydrogen-bond acceptors (Lipinski definition) is 7. The molecule has 1 aromatic carbocycles. The molecule has 4 rings (SSSR count). The van der Waals surface area contributed by atoms with E-state index in [1.54, 1.807) is 6.20 Å². The van der Waals surface area contributed by atoms with Gasteiger partial charge < -0.3 is 0 Å². The fourth-order valence-electron chi connectivity index (χ4n) is 2.81. The summed E-state index contributed by atoms with van der Waals surface area (Å²) in [5.74, 6) is 1.90. The van der Waals surface area contributed by atoms with Crippen LogP contribution in [0, 0.1) is 6.92 Å². The summed E-state index contributed by atoms with van der Waals surface area (Å²) in [4.78, 5) is 8.70. The van der Waals surface area contributed by atoms with Crippen LogP contribution in [-0.2, 0) is 0 Å². The Morgan fingerprint density at radius 2 is 1.93 bits per heavy atom. The van der Waals surface area contributed by atoms with Gasteiger partial charge in [-0.15, -0.1) is 10.2 Å². The predicted octanol–water partition coefficient (Wildman–Crippen LogP) is 4.76. The third kappa shape index (κ3) is 3.63. The number of rotatable bonds is 5. The van der Waals surface area contributed by atoms with E-state index in [-0.39, 0.29) is 0 Å². The summed E-state index contributed by atoms with van der Waals surface area (Å²) in [7, 11) is 0. The maximum Gasteiger partial charge on any atom is 0.203 e. The van der Waals surface area contributed by atoms with E-state index in [9.17, 15) is 0 Å². The molecular weight excluding hydrogens is 376 g/mol. The first-order valence-corrected chi connectivity index (χ1v) is 10.2. The van der Waals surface area contributed by atoms with Crippen LogP contribution in [0.2, 0.25) is 0 Å². The minimum absolute atomic E-state index is 0.368. The zero-order valence-electron chi connectivity index (χ0n) is 15.2. The molecule has 0 radical (unpaired) electrons.